The van der Waals surface area contributed by atoms with Crippen molar-refractivity contribution in [2.75, 3.05) is 25.9 Å². The van der Waals surface area contributed by atoms with Gasteiger partial charge in [0.15, 0.2) is 17.4 Å². The van der Waals surface area contributed by atoms with Crippen LogP contribution in [0.15, 0.2) is 12.1 Å². The number of nitrogens with two attached hydrogens (primary N) is 1. The third-order valence-electron chi connectivity index (χ3n) is 2.97. The van der Waals surface area contributed by atoms with E-state index in [1.165, 1.54) is 0 Å². The fourth-order valence-corrected chi connectivity index (χ4v) is 1.96. The predicted molar refractivity (Wildman–Crippen MR) is 61.9 cm³/mol. The molecule has 1 saturated heterocycles. The van der Waals surface area contributed by atoms with E-state index >= 15 is 0 Å². The van der Waals surface area contributed by atoms with Crippen LogP contribution in [0.1, 0.15) is 12.8 Å². The van der Waals surface area contributed by atoms with Gasteiger partial charge in [-0.3, -0.25) is 0 Å². The Morgan fingerprint density at radius 2 is 1.76 bits per heavy atom. The molecule has 0 atom stereocenters. The predicted octanol–water partition coefficient (Wildman–Crippen LogP) is 2.02. The number of likely N-dealkylation sites (tertiary alicyclic amines) is 1. The smallest absolute Gasteiger partial charge is 0.191 e. The van der Waals surface area contributed by atoms with E-state index in [0.717, 1.165) is 38.1 Å². The molecule has 17 heavy (non-hydrogen) atoms. The number of nitrogen functional groups attached to an aromatic ring is 1. The number of rotatable bonds is 2. The van der Waals surface area contributed by atoms with Crippen LogP contribution >= 0.6 is 0 Å². The summed E-state index contributed by atoms with van der Waals surface area (Å²) in [6.45, 7) is 1.76. The van der Waals surface area contributed by atoms with Crippen molar-refractivity contribution in [1.29, 1.82) is 0 Å². The first-order valence-electron chi connectivity index (χ1n) is 5.66. The molecule has 94 valence electrons. The van der Waals surface area contributed by atoms with Crippen molar-refractivity contribution in [3.05, 3.63) is 23.8 Å². The lowest BCUT2D eigenvalue weighted by Gasteiger charge is -2.29. The van der Waals surface area contributed by atoms with Gasteiger partial charge in [-0.2, -0.15) is 0 Å². The summed E-state index contributed by atoms with van der Waals surface area (Å²) in [5.41, 5.74) is 5.40. The second-order valence-electron chi connectivity index (χ2n) is 4.43. The van der Waals surface area contributed by atoms with Crippen molar-refractivity contribution < 1.29 is 13.5 Å². The van der Waals surface area contributed by atoms with E-state index in [0.29, 0.717) is 0 Å². The van der Waals surface area contributed by atoms with Crippen LogP contribution in [-0.4, -0.2) is 31.1 Å². The quantitative estimate of drug-likeness (QED) is 0.806. The van der Waals surface area contributed by atoms with Crippen molar-refractivity contribution in [3.8, 4) is 5.75 Å². The number of nitrogens with zero attached hydrogens (tertiary/aromatic N) is 1. The summed E-state index contributed by atoms with van der Waals surface area (Å²) in [4.78, 5) is 2.16. The molecule has 0 aromatic heterocycles. The van der Waals surface area contributed by atoms with Gasteiger partial charge in [0, 0.05) is 30.9 Å². The molecule has 0 radical (unpaired) electrons. The minimum Gasteiger partial charge on any atom is -0.484 e. The molecule has 1 heterocycles. The highest BCUT2D eigenvalue weighted by molar-refractivity contribution is 5.44. The van der Waals surface area contributed by atoms with Crippen LogP contribution in [-0.2, 0) is 0 Å². The van der Waals surface area contributed by atoms with Crippen LogP contribution in [0.5, 0.6) is 5.75 Å². The van der Waals surface area contributed by atoms with E-state index in [-0.39, 0.29) is 17.5 Å². The highest BCUT2D eigenvalue weighted by Gasteiger charge is 2.21. The third kappa shape index (κ3) is 2.85. The van der Waals surface area contributed by atoms with Gasteiger partial charge in [-0.1, -0.05) is 0 Å². The maximum absolute atomic E-state index is 13.5. The molecule has 0 saturated carbocycles. The minimum atomic E-state index is -0.735. The molecule has 0 amide bonds. The van der Waals surface area contributed by atoms with E-state index in [1.54, 1.807) is 0 Å². The highest BCUT2D eigenvalue weighted by Crippen LogP contribution is 2.27. The maximum Gasteiger partial charge on any atom is 0.191 e. The Labute approximate surface area is 99.2 Å². The summed E-state index contributed by atoms with van der Waals surface area (Å²) < 4.78 is 32.4. The molecule has 1 aliphatic heterocycles. The van der Waals surface area contributed by atoms with E-state index < -0.39 is 11.6 Å². The van der Waals surface area contributed by atoms with E-state index in [2.05, 4.69) is 4.90 Å². The first-order chi connectivity index (χ1) is 8.06. The Kier molecular flexibility index (Phi) is 3.47. The molecule has 0 aliphatic carbocycles. The zero-order valence-electron chi connectivity index (χ0n) is 9.75. The normalized spacial score (nSPS) is 18.3. The zero-order valence-corrected chi connectivity index (χ0v) is 9.75. The van der Waals surface area contributed by atoms with Gasteiger partial charge >= 0.3 is 0 Å². The topological polar surface area (TPSA) is 38.5 Å². The van der Waals surface area contributed by atoms with Gasteiger partial charge in [0.2, 0.25) is 0 Å². The SMILES string of the molecule is CN1CCC(Oc2c(F)cc(N)cc2F)CC1. The molecule has 0 unspecified atom stereocenters. The molecular formula is C12H16F2N2O. The second-order valence-corrected chi connectivity index (χ2v) is 4.43. The van der Waals surface area contributed by atoms with E-state index in [1.807, 2.05) is 7.05 Å². The van der Waals surface area contributed by atoms with Gasteiger partial charge in [0.1, 0.15) is 6.10 Å². The highest BCUT2D eigenvalue weighted by atomic mass is 19.1. The number of hydrogen-bond donors (Lipinski definition) is 1. The standard InChI is InChI=1S/C12H16F2N2O/c1-16-4-2-9(3-5-16)17-12-10(13)6-8(15)7-11(12)14/h6-7,9H,2-5,15H2,1H3. The summed E-state index contributed by atoms with van der Waals surface area (Å²) in [5, 5.41) is 0. The van der Waals surface area contributed by atoms with Gasteiger partial charge in [0.05, 0.1) is 0 Å². The van der Waals surface area contributed by atoms with Gasteiger partial charge in [-0.05, 0) is 19.9 Å². The number of ether oxygens (including phenoxy) is 1. The summed E-state index contributed by atoms with van der Waals surface area (Å²) in [6.07, 6.45) is 1.43. The Balaban J connectivity index is 2.08. The molecule has 2 N–H and O–H groups in total. The lowest BCUT2D eigenvalue weighted by molar-refractivity contribution is 0.106. The Morgan fingerprint density at radius 3 is 2.29 bits per heavy atom. The fourth-order valence-electron chi connectivity index (χ4n) is 1.96. The van der Waals surface area contributed by atoms with Crippen LogP contribution in [0.2, 0.25) is 0 Å². The molecule has 1 fully saturated rings. The van der Waals surface area contributed by atoms with Gasteiger partial charge in [-0.25, -0.2) is 8.78 Å². The largest absolute Gasteiger partial charge is 0.484 e. The average molecular weight is 242 g/mol. The first-order valence-corrected chi connectivity index (χ1v) is 5.66. The molecule has 1 aliphatic rings. The number of anilines is 1. The molecule has 1 aromatic rings. The van der Waals surface area contributed by atoms with E-state index in [9.17, 15) is 8.78 Å². The Hall–Kier alpha value is -1.36. The molecule has 3 nitrogen and oxygen atoms in total. The van der Waals surface area contributed by atoms with Crippen LogP contribution < -0.4 is 10.5 Å². The minimum absolute atomic E-state index is 0.0655. The van der Waals surface area contributed by atoms with Crippen molar-refractivity contribution in [2.45, 2.75) is 18.9 Å². The lowest BCUT2D eigenvalue weighted by atomic mass is 10.1. The van der Waals surface area contributed by atoms with Crippen molar-refractivity contribution >= 4 is 5.69 Å². The summed E-state index contributed by atoms with van der Waals surface area (Å²) in [5.74, 6) is -1.78. The fraction of sp³-hybridized carbons (Fsp3) is 0.500. The average Bonchev–Trinajstić information content (AvgIpc) is 2.26. The van der Waals surface area contributed by atoms with Crippen LogP contribution in [0.25, 0.3) is 0 Å². The van der Waals surface area contributed by atoms with Gasteiger partial charge in [-0.15, -0.1) is 0 Å². The lowest BCUT2D eigenvalue weighted by Crippen LogP contribution is -2.35. The molecule has 1 aromatic carbocycles. The van der Waals surface area contributed by atoms with Gasteiger partial charge in [0.25, 0.3) is 0 Å². The monoisotopic (exact) mass is 242 g/mol. The van der Waals surface area contributed by atoms with Crippen LogP contribution in [0.4, 0.5) is 14.5 Å². The van der Waals surface area contributed by atoms with Crippen molar-refractivity contribution in [1.82, 2.24) is 4.90 Å². The molecular weight excluding hydrogens is 226 g/mol. The second kappa shape index (κ2) is 4.87. The van der Waals surface area contributed by atoms with E-state index in [4.69, 9.17) is 10.5 Å². The first kappa shape index (κ1) is 12.1. The zero-order chi connectivity index (χ0) is 12.4. The number of piperidine rings is 1. The number of halogens is 2. The number of hydrogen-bond acceptors (Lipinski definition) is 3. The molecule has 0 bridgehead atoms. The third-order valence-corrected chi connectivity index (χ3v) is 2.97. The Bertz CT molecular complexity index is 380. The van der Waals surface area contributed by atoms with Gasteiger partial charge < -0.3 is 15.4 Å². The molecule has 0 spiro atoms. The summed E-state index contributed by atoms with van der Waals surface area (Å²) in [7, 11) is 2.01. The van der Waals surface area contributed by atoms with Crippen molar-refractivity contribution in [2.24, 2.45) is 0 Å². The summed E-state index contributed by atoms with van der Waals surface area (Å²) >= 11 is 0. The molecule has 5 heteroatoms. The van der Waals surface area contributed by atoms with Crippen LogP contribution in [0.3, 0.4) is 0 Å². The molecule has 2 rings (SSSR count). The van der Waals surface area contributed by atoms with Crippen LogP contribution in [0, 0.1) is 11.6 Å². The summed E-state index contributed by atoms with van der Waals surface area (Å²) in [6, 6.07) is 2.15. The maximum atomic E-state index is 13.5. The van der Waals surface area contributed by atoms with Crippen molar-refractivity contribution in [3.63, 3.8) is 0 Å². The Morgan fingerprint density at radius 1 is 1.24 bits per heavy atom. The number of benzene rings is 1.